The van der Waals surface area contributed by atoms with E-state index in [2.05, 4.69) is 75.1 Å². The lowest BCUT2D eigenvalue weighted by Crippen LogP contribution is -2.36. The second kappa shape index (κ2) is 18.4. The van der Waals surface area contributed by atoms with Gasteiger partial charge in [-0.15, -0.1) is 0 Å². The minimum atomic E-state index is -0.0394. The Morgan fingerprint density at radius 1 is 0.918 bits per heavy atom. The number of benzene rings is 2. The molecule has 2 aromatic carbocycles. The van der Waals surface area contributed by atoms with Gasteiger partial charge in [0.15, 0.2) is 0 Å². The normalized spacial score (nSPS) is 24.7. The van der Waals surface area contributed by atoms with Crippen molar-refractivity contribution in [3.8, 4) is 11.1 Å². The van der Waals surface area contributed by atoms with E-state index in [1.165, 1.54) is 36.0 Å². The molecule has 1 aliphatic carbocycles. The molecule has 3 aliphatic heterocycles. The first-order valence-electron chi connectivity index (χ1n) is 18.7. The number of Topliss-reactive ketones (excluding diaryl/α,β-unsaturated/α-hetero) is 1. The molecule has 4 aliphatic rings. The fraction of sp³-hybridized carbons (Fsp3) is 0.615. The van der Waals surface area contributed by atoms with Crippen molar-refractivity contribution in [1.29, 1.82) is 0 Å². The molecule has 266 valence electrons. The lowest BCUT2D eigenvalue weighted by molar-refractivity contribution is -0.122. The van der Waals surface area contributed by atoms with Gasteiger partial charge in [-0.2, -0.15) is 11.8 Å². The Hall–Kier alpha value is -2.92. The second-order valence-electron chi connectivity index (χ2n) is 14.3. The van der Waals surface area contributed by atoms with Crippen molar-refractivity contribution in [2.24, 2.45) is 5.92 Å². The quantitative estimate of drug-likeness (QED) is 0.0988. The van der Waals surface area contributed by atoms with Gasteiger partial charge in [-0.1, -0.05) is 61.4 Å². The summed E-state index contributed by atoms with van der Waals surface area (Å²) in [7, 11) is 0. The number of fused-ring (bicyclic) bond motifs is 1. The second-order valence-corrected chi connectivity index (χ2v) is 15.6. The third-order valence-corrected chi connectivity index (χ3v) is 12.1. The lowest BCUT2D eigenvalue weighted by atomic mass is 9.98. The van der Waals surface area contributed by atoms with Gasteiger partial charge < -0.3 is 31.3 Å². The highest BCUT2D eigenvalue weighted by molar-refractivity contribution is 8.00. The Balaban J connectivity index is 0.782. The van der Waals surface area contributed by atoms with Gasteiger partial charge in [0.2, 0.25) is 5.91 Å². The molecule has 49 heavy (non-hydrogen) atoms. The Morgan fingerprint density at radius 3 is 2.63 bits per heavy atom. The number of hydrogen-bond donors (Lipinski definition) is 5. The van der Waals surface area contributed by atoms with Crippen LogP contribution in [0.25, 0.3) is 11.1 Å². The fourth-order valence-electron chi connectivity index (χ4n) is 7.53. The topological polar surface area (TPSA) is 121 Å². The zero-order valence-corrected chi connectivity index (χ0v) is 29.7. The first-order chi connectivity index (χ1) is 24.0. The van der Waals surface area contributed by atoms with E-state index in [1.54, 1.807) is 0 Å². The molecule has 3 saturated heterocycles. The van der Waals surface area contributed by atoms with E-state index in [0.29, 0.717) is 62.7 Å². The number of piperidine rings is 1. The number of carbonyl (C=O) groups is 3. The molecule has 0 bridgehead atoms. The van der Waals surface area contributed by atoms with Crippen LogP contribution in [0.4, 0.5) is 4.79 Å². The maximum atomic E-state index is 12.5. The van der Waals surface area contributed by atoms with Crippen LogP contribution in [0.5, 0.6) is 0 Å². The molecule has 5 atom stereocenters. The van der Waals surface area contributed by atoms with Gasteiger partial charge in [0, 0.05) is 48.8 Å². The number of urea groups is 1. The van der Waals surface area contributed by atoms with Crippen LogP contribution in [-0.4, -0.2) is 86.2 Å². The molecule has 9 nitrogen and oxygen atoms in total. The first kappa shape index (κ1) is 35.9. The molecular formula is C39H55N5O4S. The fourth-order valence-corrected chi connectivity index (χ4v) is 9.08. The number of hydrogen-bond acceptors (Lipinski definition) is 7. The average molecular weight is 690 g/mol. The highest BCUT2D eigenvalue weighted by Crippen LogP contribution is 2.41. The Bertz CT molecular complexity index is 1380. The van der Waals surface area contributed by atoms with Crippen molar-refractivity contribution in [3.63, 3.8) is 0 Å². The maximum Gasteiger partial charge on any atom is 0.315 e. The number of aryl methyl sites for hydroxylation is 1. The van der Waals surface area contributed by atoms with E-state index in [1.807, 2.05) is 11.8 Å². The minimum absolute atomic E-state index is 0.0142. The summed E-state index contributed by atoms with van der Waals surface area (Å²) in [4.78, 5) is 36.2. The van der Waals surface area contributed by atoms with Gasteiger partial charge in [0.25, 0.3) is 0 Å². The number of ketones is 1. The van der Waals surface area contributed by atoms with Crippen molar-refractivity contribution < 1.29 is 19.1 Å². The minimum Gasteiger partial charge on any atom is -0.379 e. The SMILES string of the molecule is O=C(CCCCC[C@@H]1SC[C@@H]2NC(=O)N[C@@H]21)CCOCCNC(=O)CCc1cccc(-c2ccc([C@@H]3C[C@H]3NCC3CCNCC3)cc2)c1. The molecule has 3 heterocycles. The Kier molecular flexibility index (Phi) is 13.4. The summed E-state index contributed by atoms with van der Waals surface area (Å²) >= 11 is 1.94. The average Bonchev–Trinajstić information content (AvgIpc) is 3.68. The molecule has 4 fully saturated rings. The van der Waals surface area contributed by atoms with Crippen LogP contribution in [0.15, 0.2) is 48.5 Å². The van der Waals surface area contributed by atoms with Crippen molar-refractivity contribution in [2.75, 3.05) is 45.1 Å². The van der Waals surface area contributed by atoms with Crippen LogP contribution in [0.2, 0.25) is 0 Å². The maximum absolute atomic E-state index is 12.5. The summed E-state index contributed by atoms with van der Waals surface area (Å²) < 4.78 is 5.61. The zero-order valence-electron chi connectivity index (χ0n) is 28.9. The van der Waals surface area contributed by atoms with Crippen molar-refractivity contribution >= 4 is 29.5 Å². The number of ether oxygens (including phenoxy) is 1. The third kappa shape index (κ3) is 11.0. The monoisotopic (exact) mass is 689 g/mol. The van der Waals surface area contributed by atoms with Crippen molar-refractivity contribution in [2.45, 2.75) is 99.9 Å². The molecule has 3 amide bonds. The molecule has 1 saturated carbocycles. The first-order valence-corrected chi connectivity index (χ1v) is 19.7. The largest absolute Gasteiger partial charge is 0.379 e. The number of unbranched alkanes of at least 4 members (excludes halogenated alkanes) is 2. The molecule has 2 aromatic rings. The van der Waals surface area contributed by atoms with Crippen LogP contribution < -0.4 is 26.6 Å². The molecule has 0 radical (unpaired) electrons. The Labute approximate surface area is 296 Å². The molecule has 0 aromatic heterocycles. The standard InChI is InChI=1S/C39H55N5O4S/c45-32(7-2-1-3-8-36-38-35(26-49-36)43-39(47)44-38)17-21-48-22-20-41-37(46)14-9-27-5-4-6-31(23-27)29-10-12-30(13-11-29)33-24-34(33)42-25-28-15-18-40-19-16-28/h4-6,10-13,23,28,33-36,38,40,42H,1-3,7-9,14-22,24-26H2,(H,41,46)(H2,43,44,47)/t33-,34+,35-,36-,38-/m0/s1. The summed E-state index contributed by atoms with van der Waals surface area (Å²) in [5, 5.41) is 16.7. The number of amides is 3. The van der Waals surface area contributed by atoms with E-state index < -0.39 is 0 Å². The number of carbonyl (C=O) groups excluding carboxylic acids is 3. The van der Waals surface area contributed by atoms with Crippen LogP contribution in [-0.2, 0) is 20.7 Å². The van der Waals surface area contributed by atoms with Gasteiger partial charge in [0.1, 0.15) is 5.78 Å². The van der Waals surface area contributed by atoms with Crippen LogP contribution >= 0.6 is 11.8 Å². The van der Waals surface area contributed by atoms with Gasteiger partial charge in [-0.25, -0.2) is 4.79 Å². The van der Waals surface area contributed by atoms with Crippen LogP contribution in [0.3, 0.4) is 0 Å². The van der Waals surface area contributed by atoms with E-state index in [-0.39, 0.29) is 29.8 Å². The number of rotatable bonds is 20. The molecule has 0 spiro atoms. The summed E-state index contributed by atoms with van der Waals surface area (Å²) in [5.74, 6) is 2.68. The predicted molar refractivity (Wildman–Crippen MR) is 197 cm³/mol. The van der Waals surface area contributed by atoms with Gasteiger partial charge in [0.05, 0.1) is 25.3 Å². The van der Waals surface area contributed by atoms with Gasteiger partial charge >= 0.3 is 6.03 Å². The zero-order chi connectivity index (χ0) is 33.8. The lowest BCUT2D eigenvalue weighted by Gasteiger charge is -2.22. The van der Waals surface area contributed by atoms with Gasteiger partial charge in [-0.3, -0.25) is 9.59 Å². The summed E-state index contributed by atoms with van der Waals surface area (Å²) in [5.41, 5.74) is 4.97. The van der Waals surface area contributed by atoms with Gasteiger partial charge in [-0.05, 0) is 86.3 Å². The third-order valence-electron chi connectivity index (χ3n) is 10.6. The smallest absolute Gasteiger partial charge is 0.315 e. The van der Waals surface area contributed by atoms with E-state index in [9.17, 15) is 14.4 Å². The predicted octanol–water partition coefficient (Wildman–Crippen LogP) is 4.94. The molecule has 10 heteroatoms. The van der Waals surface area contributed by atoms with E-state index in [0.717, 1.165) is 62.6 Å². The molecular weight excluding hydrogens is 635 g/mol. The van der Waals surface area contributed by atoms with Crippen LogP contribution in [0.1, 0.15) is 81.3 Å². The molecule has 6 rings (SSSR count). The highest BCUT2D eigenvalue weighted by Gasteiger charge is 2.42. The number of nitrogens with one attached hydrogen (secondary N) is 5. The number of thioether (sulfide) groups is 1. The Morgan fingerprint density at radius 2 is 1.78 bits per heavy atom. The molecule has 0 unspecified atom stereocenters. The summed E-state index contributed by atoms with van der Waals surface area (Å²) in [6.45, 7) is 4.72. The summed E-state index contributed by atoms with van der Waals surface area (Å²) in [6, 6.07) is 18.7. The highest BCUT2D eigenvalue weighted by atomic mass is 32.2. The molecule has 5 N–H and O–H groups in total. The van der Waals surface area contributed by atoms with Crippen LogP contribution in [0, 0.1) is 5.92 Å². The van der Waals surface area contributed by atoms with Crippen molar-refractivity contribution in [1.82, 2.24) is 26.6 Å². The summed E-state index contributed by atoms with van der Waals surface area (Å²) in [6.07, 6.45) is 10.0. The van der Waals surface area contributed by atoms with E-state index >= 15 is 0 Å². The van der Waals surface area contributed by atoms with Crippen molar-refractivity contribution in [3.05, 3.63) is 59.7 Å². The van der Waals surface area contributed by atoms with E-state index in [4.69, 9.17) is 4.74 Å².